The van der Waals surface area contributed by atoms with Gasteiger partial charge in [0.05, 0.1) is 5.56 Å². The van der Waals surface area contributed by atoms with E-state index in [2.05, 4.69) is 10.3 Å². The molecule has 0 aliphatic heterocycles. The van der Waals surface area contributed by atoms with Crippen molar-refractivity contribution >= 4 is 5.91 Å². The topological polar surface area (TPSA) is 51.2 Å². The molecule has 92 valence electrons. The number of nitrogens with zero attached hydrogens (tertiary/aromatic N) is 1. The molecular weight excluding hydrogens is 228 g/mol. The molecule has 0 spiro atoms. The maximum Gasteiger partial charge on any atom is 0.252 e. The molecule has 1 amide bonds. The van der Waals surface area contributed by atoms with E-state index in [0.29, 0.717) is 11.4 Å². The van der Waals surface area contributed by atoms with Crippen molar-refractivity contribution in [3.05, 3.63) is 53.7 Å². The van der Waals surface area contributed by atoms with E-state index in [1.54, 1.807) is 19.2 Å². The van der Waals surface area contributed by atoms with Crippen molar-refractivity contribution < 1.29 is 9.53 Å². The molecule has 2 aromatic rings. The molecule has 0 aliphatic carbocycles. The quantitative estimate of drug-likeness (QED) is 0.899. The fourth-order valence-electron chi connectivity index (χ4n) is 1.45. The van der Waals surface area contributed by atoms with Crippen molar-refractivity contribution in [2.45, 2.75) is 6.92 Å². The smallest absolute Gasteiger partial charge is 0.252 e. The summed E-state index contributed by atoms with van der Waals surface area (Å²) in [6.07, 6.45) is 1.49. The van der Waals surface area contributed by atoms with Gasteiger partial charge < -0.3 is 10.1 Å². The van der Waals surface area contributed by atoms with Crippen LogP contribution >= 0.6 is 0 Å². The van der Waals surface area contributed by atoms with Crippen molar-refractivity contribution in [3.8, 4) is 11.6 Å². The lowest BCUT2D eigenvalue weighted by molar-refractivity contribution is 0.0962. The highest BCUT2D eigenvalue weighted by Gasteiger charge is 2.04. The minimum Gasteiger partial charge on any atom is -0.439 e. The molecule has 4 nitrogen and oxygen atoms in total. The van der Waals surface area contributed by atoms with Gasteiger partial charge in [0.1, 0.15) is 5.75 Å². The number of pyridine rings is 1. The first kappa shape index (κ1) is 12.1. The molecule has 0 atom stereocenters. The van der Waals surface area contributed by atoms with Crippen LogP contribution < -0.4 is 10.1 Å². The minimum atomic E-state index is -0.163. The molecule has 0 radical (unpaired) electrons. The van der Waals surface area contributed by atoms with Crippen LogP contribution in [-0.4, -0.2) is 17.9 Å². The van der Waals surface area contributed by atoms with Crippen LogP contribution in [0, 0.1) is 6.92 Å². The molecule has 1 N–H and O–H groups in total. The number of ether oxygens (including phenoxy) is 1. The third-order valence-electron chi connectivity index (χ3n) is 2.47. The predicted molar refractivity (Wildman–Crippen MR) is 68.9 cm³/mol. The number of hydrogen-bond acceptors (Lipinski definition) is 3. The van der Waals surface area contributed by atoms with E-state index in [0.717, 1.165) is 5.75 Å². The van der Waals surface area contributed by atoms with Gasteiger partial charge in [-0.2, -0.15) is 0 Å². The van der Waals surface area contributed by atoms with Gasteiger partial charge in [-0.15, -0.1) is 0 Å². The van der Waals surface area contributed by atoms with Gasteiger partial charge in [-0.05, 0) is 25.1 Å². The second kappa shape index (κ2) is 5.31. The lowest BCUT2D eigenvalue weighted by atomic mass is 10.2. The van der Waals surface area contributed by atoms with Gasteiger partial charge in [-0.25, -0.2) is 4.98 Å². The molecule has 0 fully saturated rings. The summed E-state index contributed by atoms with van der Waals surface area (Å²) >= 11 is 0. The van der Waals surface area contributed by atoms with Crippen molar-refractivity contribution in [2.75, 3.05) is 7.05 Å². The van der Waals surface area contributed by atoms with E-state index >= 15 is 0 Å². The lowest BCUT2D eigenvalue weighted by Crippen LogP contribution is -2.17. The van der Waals surface area contributed by atoms with Crippen molar-refractivity contribution in [1.29, 1.82) is 0 Å². The summed E-state index contributed by atoms with van der Waals surface area (Å²) in [5.41, 5.74) is 1.68. The molecule has 0 aliphatic rings. The number of aromatic nitrogens is 1. The van der Waals surface area contributed by atoms with E-state index in [-0.39, 0.29) is 5.91 Å². The Kier molecular flexibility index (Phi) is 3.57. The predicted octanol–water partition coefficient (Wildman–Crippen LogP) is 2.54. The number of carbonyl (C=O) groups is 1. The van der Waals surface area contributed by atoms with E-state index in [1.165, 1.54) is 11.8 Å². The molecule has 1 aromatic carbocycles. The molecule has 1 aromatic heterocycles. The normalized spacial score (nSPS) is 9.89. The Labute approximate surface area is 106 Å². The summed E-state index contributed by atoms with van der Waals surface area (Å²) in [5, 5.41) is 2.54. The average Bonchev–Trinajstić information content (AvgIpc) is 2.41. The standard InChI is InChI=1S/C14H14N2O2/c1-10-3-6-12(7-4-10)18-13-8-5-11(9-16-13)14(17)15-2/h3-9H,1-2H3,(H,15,17). The summed E-state index contributed by atoms with van der Waals surface area (Å²) in [6.45, 7) is 2.01. The van der Waals surface area contributed by atoms with Gasteiger partial charge in [0.25, 0.3) is 5.91 Å². The van der Waals surface area contributed by atoms with Gasteiger partial charge in [-0.3, -0.25) is 4.79 Å². The molecule has 0 saturated heterocycles. The first-order chi connectivity index (χ1) is 8.69. The number of amides is 1. The Bertz CT molecular complexity index is 533. The number of rotatable bonds is 3. The van der Waals surface area contributed by atoms with Crippen LogP contribution in [0.4, 0.5) is 0 Å². The second-order valence-electron chi connectivity index (χ2n) is 3.88. The highest BCUT2D eigenvalue weighted by molar-refractivity contribution is 5.93. The van der Waals surface area contributed by atoms with Crippen molar-refractivity contribution in [1.82, 2.24) is 10.3 Å². The van der Waals surface area contributed by atoms with Gasteiger partial charge in [0.15, 0.2) is 0 Å². The van der Waals surface area contributed by atoms with Gasteiger partial charge >= 0.3 is 0 Å². The van der Waals surface area contributed by atoms with Crippen LogP contribution in [0.15, 0.2) is 42.6 Å². The Balaban J connectivity index is 2.10. The highest BCUT2D eigenvalue weighted by Crippen LogP contribution is 2.19. The molecule has 0 unspecified atom stereocenters. The fraction of sp³-hybridized carbons (Fsp3) is 0.143. The Hall–Kier alpha value is -2.36. The lowest BCUT2D eigenvalue weighted by Gasteiger charge is -2.05. The third-order valence-corrected chi connectivity index (χ3v) is 2.47. The van der Waals surface area contributed by atoms with Gasteiger partial charge in [0.2, 0.25) is 5.88 Å². The molecule has 0 bridgehead atoms. The van der Waals surface area contributed by atoms with Crippen LogP contribution in [0.3, 0.4) is 0 Å². The molecule has 4 heteroatoms. The van der Waals surface area contributed by atoms with Crippen molar-refractivity contribution in [3.63, 3.8) is 0 Å². The highest BCUT2D eigenvalue weighted by atomic mass is 16.5. The molecule has 18 heavy (non-hydrogen) atoms. The van der Waals surface area contributed by atoms with E-state index in [9.17, 15) is 4.79 Å². The monoisotopic (exact) mass is 242 g/mol. The Morgan fingerprint density at radius 1 is 1.17 bits per heavy atom. The zero-order valence-electron chi connectivity index (χ0n) is 10.3. The zero-order valence-corrected chi connectivity index (χ0v) is 10.3. The Morgan fingerprint density at radius 3 is 2.44 bits per heavy atom. The largest absolute Gasteiger partial charge is 0.439 e. The number of hydrogen-bond donors (Lipinski definition) is 1. The second-order valence-corrected chi connectivity index (χ2v) is 3.88. The molecule has 2 rings (SSSR count). The number of carbonyl (C=O) groups excluding carboxylic acids is 1. The van der Waals surface area contributed by atoms with E-state index in [1.807, 2.05) is 31.2 Å². The average molecular weight is 242 g/mol. The van der Waals surface area contributed by atoms with Crippen LogP contribution in [0.25, 0.3) is 0 Å². The summed E-state index contributed by atoms with van der Waals surface area (Å²) in [6, 6.07) is 11.0. The summed E-state index contributed by atoms with van der Waals surface area (Å²) in [5.74, 6) is 1.02. The van der Waals surface area contributed by atoms with Crippen molar-refractivity contribution in [2.24, 2.45) is 0 Å². The summed E-state index contributed by atoms with van der Waals surface area (Å²) in [7, 11) is 1.58. The Morgan fingerprint density at radius 2 is 1.89 bits per heavy atom. The summed E-state index contributed by atoms with van der Waals surface area (Å²) < 4.78 is 5.56. The van der Waals surface area contributed by atoms with Crippen LogP contribution in [0.5, 0.6) is 11.6 Å². The summed E-state index contributed by atoms with van der Waals surface area (Å²) in [4.78, 5) is 15.4. The molecule has 0 saturated carbocycles. The maximum absolute atomic E-state index is 11.3. The molecule has 1 heterocycles. The maximum atomic E-state index is 11.3. The zero-order chi connectivity index (χ0) is 13.0. The number of aryl methyl sites for hydroxylation is 1. The van der Waals surface area contributed by atoms with E-state index < -0.39 is 0 Å². The first-order valence-electron chi connectivity index (χ1n) is 5.61. The number of nitrogens with one attached hydrogen (secondary N) is 1. The fourth-order valence-corrected chi connectivity index (χ4v) is 1.45. The molecular formula is C14H14N2O2. The van der Waals surface area contributed by atoms with E-state index in [4.69, 9.17) is 4.74 Å². The van der Waals surface area contributed by atoms with Crippen LogP contribution in [0.2, 0.25) is 0 Å². The minimum absolute atomic E-state index is 0.163. The third kappa shape index (κ3) is 2.85. The van der Waals surface area contributed by atoms with Crippen LogP contribution in [0.1, 0.15) is 15.9 Å². The van der Waals surface area contributed by atoms with Gasteiger partial charge in [0, 0.05) is 19.3 Å². The van der Waals surface area contributed by atoms with Crippen LogP contribution in [-0.2, 0) is 0 Å². The first-order valence-corrected chi connectivity index (χ1v) is 5.61. The SMILES string of the molecule is CNC(=O)c1ccc(Oc2ccc(C)cc2)nc1. The number of benzene rings is 1. The van der Waals surface area contributed by atoms with Gasteiger partial charge in [-0.1, -0.05) is 17.7 Å².